The molecule has 0 spiro atoms. The average molecular weight is 282 g/mol. The van der Waals surface area contributed by atoms with E-state index in [1.807, 2.05) is 0 Å². The van der Waals surface area contributed by atoms with Gasteiger partial charge in [0.05, 0.1) is 5.69 Å². The highest BCUT2D eigenvalue weighted by molar-refractivity contribution is 7.15. The van der Waals surface area contributed by atoms with Crippen LogP contribution in [0.5, 0.6) is 0 Å². The van der Waals surface area contributed by atoms with Crippen molar-refractivity contribution in [3.8, 4) is 10.6 Å². The highest BCUT2D eigenvalue weighted by Gasteiger charge is 2.15. The molecule has 1 aromatic heterocycles. The van der Waals surface area contributed by atoms with E-state index in [9.17, 15) is 8.78 Å². The fourth-order valence-corrected chi connectivity index (χ4v) is 2.86. The van der Waals surface area contributed by atoms with Crippen LogP contribution >= 0.6 is 11.3 Å². The molecule has 0 saturated heterocycles. The zero-order valence-corrected chi connectivity index (χ0v) is 11.7. The van der Waals surface area contributed by atoms with Crippen molar-refractivity contribution in [3.05, 3.63) is 40.4 Å². The van der Waals surface area contributed by atoms with Crippen LogP contribution in [0.4, 0.5) is 8.78 Å². The van der Waals surface area contributed by atoms with Crippen LogP contribution in [0.1, 0.15) is 24.4 Å². The van der Waals surface area contributed by atoms with Gasteiger partial charge in [0.2, 0.25) is 0 Å². The van der Waals surface area contributed by atoms with E-state index < -0.39 is 11.6 Å². The van der Waals surface area contributed by atoms with Crippen LogP contribution in [0, 0.1) is 17.6 Å². The van der Waals surface area contributed by atoms with Crippen molar-refractivity contribution < 1.29 is 8.78 Å². The highest BCUT2D eigenvalue weighted by atomic mass is 32.1. The number of hydrogen-bond acceptors (Lipinski definition) is 3. The lowest BCUT2D eigenvalue weighted by atomic mass is 10.1. The molecule has 0 aliphatic heterocycles. The van der Waals surface area contributed by atoms with Crippen LogP contribution < -0.4 is 5.73 Å². The van der Waals surface area contributed by atoms with Gasteiger partial charge in [0, 0.05) is 23.1 Å². The normalized spacial score (nSPS) is 11.3. The molecule has 2 rings (SSSR count). The minimum absolute atomic E-state index is 0.330. The van der Waals surface area contributed by atoms with E-state index >= 15 is 0 Å². The Morgan fingerprint density at radius 2 is 2.05 bits per heavy atom. The molecule has 2 aromatic rings. The monoisotopic (exact) mass is 282 g/mol. The first-order valence-corrected chi connectivity index (χ1v) is 6.97. The molecule has 0 atom stereocenters. The molecule has 0 amide bonds. The standard InChI is InChI=1S/C14H16F2N2S/c1-8(2)5-12-13(7-17)19-14(18-12)10-4-3-9(15)6-11(10)16/h3-4,6,8H,5,7,17H2,1-2H3. The molecule has 2 N–H and O–H groups in total. The molecule has 0 radical (unpaired) electrons. The molecule has 0 unspecified atom stereocenters. The van der Waals surface area contributed by atoms with Crippen LogP contribution in [0.3, 0.4) is 0 Å². The van der Waals surface area contributed by atoms with Crippen molar-refractivity contribution in [3.63, 3.8) is 0 Å². The molecule has 0 fully saturated rings. The quantitative estimate of drug-likeness (QED) is 0.927. The molecule has 2 nitrogen and oxygen atoms in total. The highest BCUT2D eigenvalue weighted by Crippen LogP contribution is 2.31. The molecule has 1 aromatic carbocycles. The van der Waals surface area contributed by atoms with E-state index in [-0.39, 0.29) is 0 Å². The number of nitrogens with two attached hydrogens (primary N) is 1. The maximum atomic E-state index is 13.7. The van der Waals surface area contributed by atoms with Crippen molar-refractivity contribution in [2.75, 3.05) is 0 Å². The fourth-order valence-electron chi connectivity index (χ4n) is 1.87. The van der Waals surface area contributed by atoms with Crippen molar-refractivity contribution in [1.29, 1.82) is 0 Å². The van der Waals surface area contributed by atoms with Crippen LogP contribution in [-0.2, 0) is 13.0 Å². The number of nitrogens with zero attached hydrogens (tertiary/aromatic N) is 1. The smallest absolute Gasteiger partial charge is 0.136 e. The Morgan fingerprint density at radius 1 is 1.32 bits per heavy atom. The Balaban J connectivity index is 2.42. The van der Waals surface area contributed by atoms with E-state index in [0.29, 0.717) is 23.0 Å². The summed E-state index contributed by atoms with van der Waals surface area (Å²) in [4.78, 5) is 5.42. The first-order valence-electron chi connectivity index (χ1n) is 6.15. The second-order valence-electron chi connectivity index (χ2n) is 4.82. The number of thiazole rings is 1. The van der Waals surface area contributed by atoms with E-state index in [4.69, 9.17) is 5.73 Å². The summed E-state index contributed by atoms with van der Waals surface area (Å²) in [5.41, 5.74) is 6.94. The van der Waals surface area contributed by atoms with Gasteiger partial charge in [-0.2, -0.15) is 0 Å². The summed E-state index contributed by atoms with van der Waals surface area (Å²) in [5.74, 6) is -0.717. The van der Waals surface area contributed by atoms with Crippen molar-refractivity contribution in [2.24, 2.45) is 11.7 Å². The first-order chi connectivity index (χ1) is 9.01. The average Bonchev–Trinajstić information content (AvgIpc) is 2.71. The summed E-state index contributed by atoms with van der Waals surface area (Å²) < 4.78 is 26.6. The van der Waals surface area contributed by atoms with Gasteiger partial charge in [0.15, 0.2) is 0 Å². The van der Waals surface area contributed by atoms with Crippen molar-refractivity contribution >= 4 is 11.3 Å². The SMILES string of the molecule is CC(C)Cc1nc(-c2ccc(F)cc2F)sc1CN. The van der Waals surface area contributed by atoms with Gasteiger partial charge in [-0.15, -0.1) is 11.3 Å². The van der Waals surface area contributed by atoms with Gasteiger partial charge in [-0.3, -0.25) is 0 Å². The van der Waals surface area contributed by atoms with Crippen LogP contribution in [0.2, 0.25) is 0 Å². The van der Waals surface area contributed by atoms with Gasteiger partial charge in [-0.25, -0.2) is 13.8 Å². The Bertz CT molecular complexity index is 579. The van der Waals surface area contributed by atoms with Crippen LogP contribution in [0.25, 0.3) is 10.6 Å². The lowest BCUT2D eigenvalue weighted by molar-refractivity contribution is 0.585. The van der Waals surface area contributed by atoms with Crippen molar-refractivity contribution in [1.82, 2.24) is 4.98 Å². The minimum atomic E-state index is -0.589. The second-order valence-corrected chi connectivity index (χ2v) is 5.90. The second kappa shape index (κ2) is 5.75. The van der Waals surface area contributed by atoms with Gasteiger partial charge in [-0.05, 0) is 24.5 Å². The van der Waals surface area contributed by atoms with E-state index in [1.54, 1.807) is 0 Å². The third-order valence-corrected chi connectivity index (χ3v) is 3.88. The maximum Gasteiger partial charge on any atom is 0.136 e. The largest absolute Gasteiger partial charge is 0.326 e. The van der Waals surface area contributed by atoms with Gasteiger partial charge in [0.1, 0.15) is 16.6 Å². The molecule has 102 valence electrons. The maximum absolute atomic E-state index is 13.7. The molecular weight excluding hydrogens is 266 g/mol. The molecule has 19 heavy (non-hydrogen) atoms. The number of rotatable bonds is 4. The molecule has 0 aliphatic rings. The van der Waals surface area contributed by atoms with E-state index in [1.165, 1.54) is 23.5 Å². The number of halogens is 2. The first kappa shape index (κ1) is 14.1. The zero-order chi connectivity index (χ0) is 14.0. The van der Waals surface area contributed by atoms with Gasteiger partial charge >= 0.3 is 0 Å². The fraction of sp³-hybridized carbons (Fsp3) is 0.357. The Kier molecular flexibility index (Phi) is 4.27. The number of benzene rings is 1. The third-order valence-electron chi connectivity index (χ3n) is 2.73. The topological polar surface area (TPSA) is 38.9 Å². The Hall–Kier alpha value is -1.33. The summed E-state index contributed by atoms with van der Waals surface area (Å²) in [6, 6.07) is 3.54. The molecule has 0 bridgehead atoms. The lowest BCUT2D eigenvalue weighted by Crippen LogP contribution is -2.02. The summed E-state index contributed by atoms with van der Waals surface area (Å²) in [6.45, 7) is 4.58. The summed E-state index contributed by atoms with van der Waals surface area (Å²) >= 11 is 1.38. The van der Waals surface area contributed by atoms with Crippen LogP contribution in [0.15, 0.2) is 18.2 Å². The van der Waals surface area contributed by atoms with Gasteiger partial charge in [-0.1, -0.05) is 13.8 Å². The molecule has 1 heterocycles. The van der Waals surface area contributed by atoms with Crippen molar-refractivity contribution in [2.45, 2.75) is 26.8 Å². The molecule has 0 saturated carbocycles. The predicted octanol–water partition coefficient (Wildman–Crippen LogP) is 3.75. The number of hydrogen-bond donors (Lipinski definition) is 1. The summed E-state index contributed by atoms with van der Waals surface area (Å²) in [6.07, 6.45) is 0.811. The lowest BCUT2D eigenvalue weighted by Gasteiger charge is -2.02. The van der Waals surface area contributed by atoms with E-state index in [0.717, 1.165) is 23.1 Å². The molecule has 0 aliphatic carbocycles. The molecular formula is C14H16F2N2S. The van der Waals surface area contributed by atoms with Gasteiger partial charge in [0.25, 0.3) is 0 Å². The Labute approximate surface area is 115 Å². The summed E-state index contributed by atoms with van der Waals surface area (Å²) in [5, 5.41) is 0.564. The molecule has 5 heteroatoms. The predicted molar refractivity (Wildman–Crippen MR) is 73.9 cm³/mol. The zero-order valence-electron chi connectivity index (χ0n) is 10.9. The third kappa shape index (κ3) is 3.16. The van der Waals surface area contributed by atoms with E-state index in [2.05, 4.69) is 18.8 Å². The minimum Gasteiger partial charge on any atom is -0.326 e. The van der Waals surface area contributed by atoms with Crippen LogP contribution in [-0.4, -0.2) is 4.98 Å². The number of aromatic nitrogens is 1. The Morgan fingerprint density at radius 3 is 2.63 bits per heavy atom. The van der Waals surface area contributed by atoms with Gasteiger partial charge < -0.3 is 5.73 Å². The summed E-state index contributed by atoms with van der Waals surface area (Å²) in [7, 11) is 0.